The van der Waals surface area contributed by atoms with E-state index in [9.17, 15) is 4.79 Å². The van der Waals surface area contributed by atoms with Crippen LogP contribution < -0.4 is 0 Å². The minimum absolute atomic E-state index is 0.0533. The molecule has 2 fully saturated rings. The molecule has 26 heavy (non-hydrogen) atoms. The molecule has 140 valence electrons. The summed E-state index contributed by atoms with van der Waals surface area (Å²) >= 11 is 0. The summed E-state index contributed by atoms with van der Waals surface area (Å²) in [5.74, 6) is 1.23. The smallest absolute Gasteiger partial charge is 0.257 e. The zero-order valence-corrected chi connectivity index (χ0v) is 15.2. The van der Waals surface area contributed by atoms with Gasteiger partial charge in [0.1, 0.15) is 12.9 Å². The number of hydrogen-bond acceptors (Lipinski definition) is 7. The molecule has 4 heterocycles. The van der Waals surface area contributed by atoms with Crippen LogP contribution in [0.15, 0.2) is 27.4 Å². The molecule has 0 aliphatic carbocycles. The van der Waals surface area contributed by atoms with E-state index in [2.05, 4.69) is 22.1 Å². The molecule has 2 saturated heterocycles. The molecule has 2 aliphatic heterocycles. The zero-order valence-electron chi connectivity index (χ0n) is 15.2. The molecule has 4 rings (SSSR count). The van der Waals surface area contributed by atoms with Gasteiger partial charge in [0.15, 0.2) is 0 Å². The summed E-state index contributed by atoms with van der Waals surface area (Å²) in [6.07, 6.45) is 6.00. The summed E-state index contributed by atoms with van der Waals surface area (Å²) in [5.41, 5.74) is 0.821. The van der Waals surface area contributed by atoms with Gasteiger partial charge in [-0.25, -0.2) is 0 Å². The van der Waals surface area contributed by atoms with Crippen molar-refractivity contribution in [1.82, 2.24) is 20.0 Å². The number of methoxy groups -OCH3 is 1. The lowest BCUT2D eigenvalue weighted by Gasteiger charge is -2.39. The van der Waals surface area contributed by atoms with E-state index < -0.39 is 0 Å². The van der Waals surface area contributed by atoms with Crippen molar-refractivity contribution >= 4 is 5.91 Å². The SMILES string of the molecule is COCc1nnc(C2CC3(CCN(C(=O)c4ccoc4)CC3)CN2C)o1. The van der Waals surface area contributed by atoms with Gasteiger partial charge in [0.05, 0.1) is 17.9 Å². The number of hydrogen-bond donors (Lipinski definition) is 0. The van der Waals surface area contributed by atoms with E-state index in [1.54, 1.807) is 13.2 Å². The summed E-state index contributed by atoms with van der Waals surface area (Å²) in [5, 5.41) is 8.26. The van der Waals surface area contributed by atoms with Gasteiger partial charge in [-0.2, -0.15) is 0 Å². The Morgan fingerprint density at radius 1 is 1.38 bits per heavy atom. The largest absolute Gasteiger partial charge is 0.472 e. The molecule has 8 heteroatoms. The highest BCUT2D eigenvalue weighted by Crippen LogP contribution is 2.48. The van der Waals surface area contributed by atoms with E-state index in [0.29, 0.717) is 24.0 Å². The Bertz CT molecular complexity index is 749. The third kappa shape index (κ3) is 3.14. The van der Waals surface area contributed by atoms with Gasteiger partial charge < -0.3 is 18.5 Å². The number of aromatic nitrogens is 2. The molecule has 0 radical (unpaired) electrons. The predicted molar refractivity (Wildman–Crippen MR) is 91.3 cm³/mol. The molecule has 2 aromatic heterocycles. The fourth-order valence-electron chi connectivity index (χ4n) is 4.24. The minimum Gasteiger partial charge on any atom is -0.472 e. The normalized spacial score (nSPS) is 23.0. The molecule has 0 saturated carbocycles. The van der Waals surface area contributed by atoms with Crippen LogP contribution in [0.4, 0.5) is 0 Å². The van der Waals surface area contributed by atoms with Crippen molar-refractivity contribution in [2.75, 3.05) is 33.8 Å². The Kier molecular flexibility index (Phi) is 4.54. The molecule has 1 amide bonds. The Labute approximate surface area is 152 Å². The number of nitrogens with zero attached hydrogens (tertiary/aromatic N) is 4. The molecule has 2 aliphatic rings. The number of furan rings is 1. The maximum atomic E-state index is 12.5. The van der Waals surface area contributed by atoms with Crippen LogP contribution in [0.1, 0.15) is 47.4 Å². The van der Waals surface area contributed by atoms with E-state index in [-0.39, 0.29) is 17.4 Å². The number of piperidine rings is 1. The van der Waals surface area contributed by atoms with Crippen LogP contribution in [0.3, 0.4) is 0 Å². The van der Waals surface area contributed by atoms with Gasteiger partial charge in [-0.3, -0.25) is 9.69 Å². The summed E-state index contributed by atoms with van der Waals surface area (Å²) < 4.78 is 15.8. The van der Waals surface area contributed by atoms with Gasteiger partial charge in [-0.1, -0.05) is 0 Å². The first-order valence-corrected chi connectivity index (χ1v) is 8.93. The first-order chi connectivity index (χ1) is 12.6. The fourth-order valence-corrected chi connectivity index (χ4v) is 4.24. The van der Waals surface area contributed by atoms with Crippen molar-refractivity contribution in [1.29, 1.82) is 0 Å². The third-order valence-electron chi connectivity index (χ3n) is 5.66. The van der Waals surface area contributed by atoms with Crippen LogP contribution in [-0.2, 0) is 11.3 Å². The van der Waals surface area contributed by atoms with E-state index in [4.69, 9.17) is 13.6 Å². The van der Waals surface area contributed by atoms with Crippen molar-refractivity contribution < 1.29 is 18.4 Å². The molecule has 0 bridgehead atoms. The van der Waals surface area contributed by atoms with Gasteiger partial charge in [-0.15, -0.1) is 10.2 Å². The first-order valence-electron chi connectivity index (χ1n) is 8.93. The predicted octanol–water partition coefficient (Wildman–Crippen LogP) is 2.11. The third-order valence-corrected chi connectivity index (χ3v) is 5.66. The maximum absolute atomic E-state index is 12.5. The average Bonchev–Trinajstić information content (AvgIpc) is 3.36. The second-order valence-corrected chi connectivity index (χ2v) is 7.41. The van der Waals surface area contributed by atoms with Crippen LogP contribution in [0, 0.1) is 5.41 Å². The lowest BCUT2D eigenvalue weighted by atomic mass is 9.76. The lowest BCUT2D eigenvalue weighted by molar-refractivity contribution is 0.0592. The Morgan fingerprint density at radius 2 is 2.19 bits per heavy atom. The molecular weight excluding hydrogens is 336 g/mol. The highest BCUT2D eigenvalue weighted by Gasteiger charge is 2.47. The Hall–Kier alpha value is -2.19. The van der Waals surface area contributed by atoms with Crippen molar-refractivity contribution in [3.8, 4) is 0 Å². The van der Waals surface area contributed by atoms with Crippen molar-refractivity contribution in [2.24, 2.45) is 5.41 Å². The van der Waals surface area contributed by atoms with E-state index in [1.165, 1.54) is 12.5 Å². The maximum Gasteiger partial charge on any atom is 0.257 e. The number of ether oxygens (including phenoxy) is 1. The number of amides is 1. The van der Waals surface area contributed by atoms with E-state index >= 15 is 0 Å². The van der Waals surface area contributed by atoms with E-state index in [0.717, 1.165) is 38.9 Å². The summed E-state index contributed by atoms with van der Waals surface area (Å²) in [6.45, 7) is 2.85. The number of carbonyl (C=O) groups is 1. The van der Waals surface area contributed by atoms with Gasteiger partial charge in [0.2, 0.25) is 11.8 Å². The van der Waals surface area contributed by atoms with Crippen molar-refractivity contribution in [2.45, 2.75) is 31.9 Å². The summed E-state index contributed by atoms with van der Waals surface area (Å²) in [7, 11) is 3.71. The summed E-state index contributed by atoms with van der Waals surface area (Å²) in [6, 6.07) is 1.85. The molecule has 8 nitrogen and oxygen atoms in total. The van der Waals surface area contributed by atoms with Gasteiger partial charge >= 0.3 is 0 Å². The summed E-state index contributed by atoms with van der Waals surface area (Å²) in [4.78, 5) is 16.7. The molecular formula is C18H24N4O4. The van der Waals surface area contributed by atoms with Crippen molar-refractivity contribution in [3.05, 3.63) is 35.9 Å². The van der Waals surface area contributed by atoms with Gasteiger partial charge in [0.25, 0.3) is 5.91 Å². The quantitative estimate of drug-likeness (QED) is 0.825. The second kappa shape index (κ2) is 6.85. The molecule has 0 N–H and O–H groups in total. The molecule has 1 spiro atoms. The Morgan fingerprint density at radius 3 is 2.88 bits per heavy atom. The van der Waals surface area contributed by atoms with E-state index in [1.807, 2.05) is 4.90 Å². The fraction of sp³-hybridized carbons (Fsp3) is 0.611. The number of rotatable bonds is 4. The zero-order chi connectivity index (χ0) is 18.1. The monoisotopic (exact) mass is 360 g/mol. The van der Waals surface area contributed by atoms with Crippen LogP contribution in [0.5, 0.6) is 0 Å². The molecule has 0 aromatic carbocycles. The highest BCUT2D eigenvalue weighted by molar-refractivity contribution is 5.93. The average molecular weight is 360 g/mol. The molecule has 1 atom stereocenters. The van der Waals surface area contributed by atoms with Crippen LogP contribution in [0.2, 0.25) is 0 Å². The van der Waals surface area contributed by atoms with Crippen LogP contribution >= 0.6 is 0 Å². The lowest BCUT2D eigenvalue weighted by Crippen LogP contribution is -2.44. The first kappa shape index (κ1) is 17.2. The second-order valence-electron chi connectivity index (χ2n) is 7.41. The topological polar surface area (TPSA) is 84.8 Å². The molecule has 1 unspecified atom stereocenters. The number of carbonyl (C=O) groups excluding carboxylic acids is 1. The highest BCUT2D eigenvalue weighted by atomic mass is 16.5. The van der Waals surface area contributed by atoms with Crippen LogP contribution in [-0.4, -0.2) is 59.7 Å². The Balaban J connectivity index is 1.40. The van der Waals surface area contributed by atoms with Crippen molar-refractivity contribution in [3.63, 3.8) is 0 Å². The molecule has 2 aromatic rings. The van der Waals surface area contributed by atoms with Gasteiger partial charge in [-0.05, 0) is 37.8 Å². The number of likely N-dealkylation sites (tertiary alicyclic amines) is 2. The van der Waals surface area contributed by atoms with Crippen LogP contribution in [0.25, 0.3) is 0 Å². The minimum atomic E-state index is 0.0533. The standard InChI is InChI=1S/C18H24N4O4/c1-21-12-18(9-14(21)16-20-19-15(26-16)11-24-2)4-6-22(7-5-18)17(23)13-3-8-25-10-13/h3,8,10,14H,4-7,9,11-12H2,1-2H3. The van der Waals surface area contributed by atoms with Gasteiger partial charge in [0, 0.05) is 26.7 Å².